The highest BCUT2D eigenvalue weighted by atomic mass is 32.2. The number of rotatable bonds is 51. The monoisotopic (exact) mass is 1300 g/mol. The number of benzene rings is 5. The van der Waals surface area contributed by atoms with Crippen LogP contribution in [0.3, 0.4) is 0 Å². The van der Waals surface area contributed by atoms with Crippen molar-refractivity contribution in [2.24, 2.45) is 0 Å². The highest BCUT2D eigenvalue weighted by molar-refractivity contribution is 7.95. The lowest BCUT2D eigenvalue weighted by Gasteiger charge is -2.49. The van der Waals surface area contributed by atoms with E-state index in [-0.39, 0.29) is 63.0 Å². The molecule has 0 aliphatic heterocycles. The lowest BCUT2D eigenvalue weighted by Crippen LogP contribution is -2.67. The molecular weight excluding hydrogens is 1200 g/mol. The van der Waals surface area contributed by atoms with Crippen molar-refractivity contribution in [1.29, 1.82) is 0 Å². The molecule has 5 aromatic carbocycles. The van der Waals surface area contributed by atoms with Crippen LogP contribution < -0.4 is 0 Å². The molecule has 8 atom stereocenters. The number of hydrogen-bond acceptors (Lipinski definition) is 12. The molecule has 15 heteroatoms. The number of carbonyl (C=O) groups is 2. The summed E-state index contributed by atoms with van der Waals surface area (Å²) in [5.41, 5.74) is 4.93. The second kappa shape index (κ2) is 47.0. The highest BCUT2D eigenvalue weighted by Gasteiger charge is 2.55. The normalized spacial score (nSPS) is 18.2. The molecule has 0 radical (unpaired) electrons. The van der Waals surface area contributed by atoms with Gasteiger partial charge in [0.25, 0.3) is 0 Å². The molecule has 506 valence electrons. The van der Waals surface area contributed by atoms with Crippen molar-refractivity contribution in [2.45, 2.75) is 262 Å². The van der Waals surface area contributed by atoms with E-state index in [1.807, 2.05) is 91.0 Å². The Labute approximate surface area is 556 Å². The van der Waals surface area contributed by atoms with Crippen molar-refractivity contribution in [3.63, 3.8) is 0 Å². The number of carbonyl (C=O) groups excluding carboxylic acids is 2. The molecular formula is C77H109O13PS. The summed E-state index contributed by atoms with van der Waals surface area (Å²) in [4.78, 5) is 45.6. The van der Waals surface area contributed by atoms with Crippen molar-refractivity contribution >= 4 is 31.6 Å². The third-order valence-corrected chi connectivity index (χ3v) is 18.7. The van der Waals surface area contributed by atoms with Gasteiger partial charge >= 0.3 is 19.5 Å². The van der Waals surface area contributed by atoms with Gasteiger partial charge in [-0.3, -0.25) is 14.2 Å². The van der Waals surface area contributed by atoms with Gasteiger partial charge < -0.3 is 47.1 Å². The zero-order chi connectivity index (χ0) is 65.0. The minimum atomic E-state index is -3.91. The van der Waals surface area contributed by atoms with Gasteiger partial charge in [-0.25, -0.2) is 0 Å². The number of allylic oxidation sites excluding steroid dienone is 2. The van der Waals surface area contributed by atoms with Crippen LogP contribution in [0, 0.1) is 0 Å². The van der Waals surface area contributed by atoms with E-state index in [9.17, 15) is 14.2 Å². The number of unbranched alkanes of at least 4 members (excludes halogenated alkanes) is 18. The molecule has 2 unspecified atom stereocenters. The first-order valence-electron chi connectivity index (χ1n) is 34.7. The van der Waals surface area contributed by atoms with E-state index in [2.05, 4.69) is 86.7 Å². The lowest BCUT2D eigenvalue weighted by atomic mass is 9.83. The van der Waals surface area contributed by atoms with E-state index in [4.69, 9.17) is 47.1 Å². The molecule has 6 rings (SSSR count). The van der Waals surface area contributed by atoms with Crippen LogP contribution in [-0.4, -0.2) is 82.5 Å². The molecule has 0 aromatic heterocycles. The van der Waals surface area contributed by atoms with Crippen LogP contribution in [0.4, 0.5) is 0 Å². The van der Waals surface area contributed by atoms with E-state index in [0.717, 1.165) is 169 Å². The molecule has 0 spiro atoms. The van der Waals surface area contributed by atoms with Gasteiger partial charge in [-0.05, 0) is 91.2 Å². The first-order valence-corrected chi connectivity index (χ1v) is 37.3. The third kappa shape index (κ3) is 32.5. The molecule has 1 aliphatic carbocycles. The molecule has 5 aromatic rings. The van der Waals surface area contributed by atoms with Crippen LogP contribution in [0.5, 0.6) is 0 Å². The zero-order valence-electron chi connectivity index (χ0n) is 55.3. The summed E-state index contributed by atoms with van der Waals surface area (Å²) in [6, 6.07) is 50.7. The average molecular weight is 1310 g/mol. The van der Waals surface area contributed by atoms with Gasteiger partial charge in [-0.2, -0.15) is 0 Å². The fourth-order valence-electron chi connectivity index (χ4n) is 11.6. The van der Waals surface area contributed by atoms with Crippen molar-refractivity contribution in [3.8, 4) is 0 Å². The van der Waals surface area contributed by atoms with Gasteiger partial charge in [-0.1, -0.05) is 274 Å². The Hall–Kier alpha value is -4.96. The number of ether oxygens (including phenoxy) is 7. The van der Waals surface area contributed by atoms with Gasteiger partial charge in [0.1, 0.15) is 49.3 Å². The van der Waals surface area contributed by atoms with E-state index in [1.165, 1.54) is 12.0 Å². The molecule has 92 heavy (non-hydrogen) atoms. The minimum absolute atomic E-state index is 0.0237. The lowest BCUT2D eigenvalue weighted by molar-refractivity contribution is -0.277. The van der Waals surface area contributed by atoms with Gasteiger partial charge in [0, 0.05) is 30.7 Å². The van der Waals surface area contributed by atoms with Crippen molar-refractivity contribution in [2.75, 3.05) is 12.8 Å². The summed E-state index contributed by atoms with van der Waals surface area (Å²) in [7, 11) is -3.91. The SMILES string of the molecule is CCCCCCCC(=O)OCC(CC(CCCCCC/C=C\CCCCCCCCP(=O)(O)O)SO[C@@H]1[C@@H](OCc2ccccc2)[C@H](OCc2ccccc2)[C@@H](OCc2ccccc2)[C@H](OCc2ccccc2)[C@@H]1OCc1ccccc1)OC(=O)CCCCCCC. The molecule has 0 heterocycles. The molecule has 2 N–H and O–H groups in total. The smallest absolute Gasteiger partial charge is 0.325 e. The predicted octanol–water partition coefficient (Wildman–Crippen LogP) is 18.7. The van der Waals surface area contributed by atoms with Gasteiger partial charge in [0.2, 0.25) is 0 Å². The first kappa shape index (κ1) is 76.1. The molecule has 0 amide bonds. The zero-order valence-corrected chi connectivity index (χ0v) is 57.0. The molecule has 13 nitrogen and oxygen atoms in total. The Balaban J connectivity index is 1.32. The first-order chi connectivity index (χ1) is 45.1. The fourth-order valence-corrected chi connectivity index (χ4v) is 13.3. The Kier molecular flexibility index (Phi) is 38.9. The van der Waals surface area contributed by atoms with Crippen LogP contribution >= 0.6 is 19.6 Å². The minimum Gasteiger partial charge on any atom is -0.462 e. The fraction of sp³-hybridized carbons (Fsp3) is 0.558. The van der Waals surface area contributed by atoms with Crippen LogP contribution in [0.1, 0.15) is 209 Å². The maximum Gasteiger partial charge on any atom is 0.325 e. The summed E-state index contributed by atoms with van der Waals surface area (Å²) in [6.45, 7) is 5.61. The van der Waals surface area contributed by atoms with Gasteiger partial charge in [-0.15, -0.1) is 0 Å². The standard InChI is InChI=1S/C77H109O13PS/c1-3-5-7-19-39-53-70(78)83-62-68(89-71(79)54-40-20-8-6-4-2)56-69(52-38-21-17-15-13-11-9-10-12-14-16-18-22-41-55-91(80,81)82)92-90-77-75(87-60-66-48-34-26-35-49-66)73(85-58-64-44-30-24-31-45-64)72(84-57-63-42-28-23-29-43-63)74(86-59-65-46-32-25-33-47-65)76(77)88-61-67-50-36-27-37-51-67/h9,11,23-37,42-51,68-69,72-77H,3-8,10,12-22,38-41,52-62H2,1-2H3,(H2,80,81,82)/b11-9-/t68?,69?,72-,73-,74+,75-,76-,77-/m0/s1. The van der Waals surface area contributed by atoms with Crippen LogP contribution in [0.2, 0.25) is 0 Å². The summed E-state index contributed by atoms with van der Waals surface area (Å²) < 4.78 is 67.3. The second-order valence-corrected chi connectivity index (χ2v) is 27.5. The van der Waals surface area contributed by atoms with Gasteiger partial charge in [0.15, 0.2) is 0 Å². The summed E-state index contributed by atoms with van der Waals surface area (Å²) in [5.74, 6) is -0.568. The molecule has 1 fully saturated rings. The molecule has 1 saturated carbocycles. The number of esters is 2. The summed E-state index contributed by atoms with van der Waals surface area (Å²) >= 11 is 1.36. The third-order valence-electron chi connectivity index (χ3n) is 16.8. The van der Waals surface area contributed by atoms with E-state index < -0.39 is 50.3 Å². The van der Waals surface area contributed by atoms with Crippen molar-refractivity contribution in [1.82, 2.24) is 0 Å². The van der Waals surface area contributed by atoms with Crippen LogP contribution in [0.15, 0.2) is 164 Å². The molecule has 1 aliphatic rings. The van der Waals surface area contributed by atoms with E-state index >= 15 is 0 Å². The molecule has 0 bridgehead atoms. The van der Waals surface area contributed by atoms with Gasteiger partial charge in [0.05, 0.1) is 33.0 Å². The van der Waals surface area contributed by atoms with E-state index in [1.54, 1.807) is 0 Å². The topological polar surface area (TPSA) is 166 Å². The van der Waals surface area contributed by atoms with Crippen LogP contribution in [-0.2, 0) is 84.5 Å². The molecule has 0 saturated heterocycles. The Morgan fingerprint density at radius 2 is 0.772 bits per heavy atom. The van der Waals surface area contributed by atoms with Crippen molar-refractivity contribution < 1.29 is 61.3 Å². The van der Waals surface area contributed by atoms with Crippen LogP contribution in [0.25, 0.3) is 0 Å². The summed E-state index contributed by atoms with van der Waals surface area (Å²) in [6.07, 6.45) is 22.8. The maximum atomic E-state index is 13.9. The average Bonchev–Trinajstić information content (AvgIpc) is 0.768. The largest absolute Gasteiger partial charge is 0.462 e. The Morgan fingerprint density at radius 1 is 0.435 bits per heavy atom. The quantitative estimate of drug-likeness (QED) is 0.0124. The Morgan fingerprint density at radius 3 is 1.16 bits per heavy atom. The highest BCUT2D eigenvalue weighted by Crippen LogP contribution is 2.40. The summed E-state index contributed by atoms with van der Waals surface area (Å²) in [5, 5.41) is -0.222. The Bertz CT molecular complexity index is 2620. The van der Waals surface area contributed by atoms with E-state index in [0.29, 0.717) is 25.7 Å². The number of hydrogen-bond donors (Lipinski definition) is 2. The predicted molar refractivity (Wildman–Crippen MR) is 370 cm³/mol. The second-order valence-electron chi connectivity index (χ2n) is 24.7. The maximum absolute atomic E-state index is 13.9. The van der Waals surface area contributed by atoms with Crippen molar-refractivity contribution in [3.05, 3.63) is 192 Å².